The first kappa shape index (κ1) is 15.3. The maximum Gasteiger partial charge on any atom is 0.322 e. The summed E-state index contributed by atoms with van der Waals surface area (Å²) in [6, 6.07) is -0.169. The number of carbonyl (C=O) groups is 1. The summed E-state index contributed by atoms with van der Waals surface area (Å²) < 4.78 is 5.04. The summed E-state index contributed by atoms with van der Waals surface area (Å²) in [5.41, 5.74) is 0. The Bertz CT molecular complexity index is 209. The number of aliphatic carboxylic acids is 1. The van der Waals surface area contributed by atoms with Crippen molar-refractivity contribution in [3.8, 4) is 0 Å². The van der Waals surface area contributed by atoms with Crippen LogP contribution in [0.4, 0.5) is 0 Å². The first-order chi connectivity index (χ1) is 7.38. The largest absolute Gasteiger partial charge is 0.480 e. The Balaban J connectivity index is 4.22. The minimum Gasteiger partial charge on any atom is -0.480 e. The number of ether oxygens (including phenoxy) is 1. The van der Waals surface area contributed by atoms with Crippen LogP contribution in [0.5, 0.6) is 0 Å². The van der Waals surface area contributed by atoms with Crippen LogP contribution in [0.15, 0.2) is 0 Å². The molecule has 0 amide bonds. The highest BCUT2D eigenvalue weighted by molar-refractivity contribution is 5.73. The summed E-state index contributed by atoms with van der Waals surface area (Å²) in [4.78, 5) is 13.0. The Morgan fingerprint density at radius 3 is 2.38 bits per heavy atom. The number of carboxylic acid groups (broad SMARTS) is 1. The van der Waals surface area contributed by atoms with Crippen molar-refractivity contribution in [1.29, 1.82) is 0 Å². The molecule has 0 aromatic carbocycles. The lowest BCUT2D eigenvalue weighted by Crippen LogP contribution is -2.50. The average molecular weight is 232 g/mol. The Kier molecular flexibility index (Phi) is 7.29. The van der Waals surface area contributed by atoms with Gasteiger partial charge in [-0.3, -0.25) is 9.69 Å². The highest BCUT2D eigenvalue weighted by Gasteiger charge is 2.21. The Hall–Kier alpha value is -0.650. The van der Waals surface area contributed by atoms with Crippen LogP contribution in [-0.2, 0) is 9.53 Å². The van der Waals surface area contributed by atoms with Crippen molar-refractivity contribution >= 4 is 5.97 Å². The van der Waals surface area contributed by atoms with Crippen LogP contribution in [0.3, 0.4) is 0 Å². The van der Waals surface area contributed by atoms with Gasteiger partial charge in [-0.15, -0.1) is 0 Å². The third-order valence-electron chi connectivity index (χ3n) is 2.46. The monoisotopic (exact) mass is 232 g/mol. The maximum absolute atomic E-state index is 11.0. The fourth-order valence-corrected chi connectivity index (χ4v) is 1.44. The van der Waals surface area contributed by atoms with E-state index in [0.29, 0.717) is 13.2 Å². The molecule has 2 atom stereocenters. The van der Waals surface area contributed by atoms with E-state index in [-0.39, 0.29) is 12.1 Å². The molecule has 0 fully saturated rings. The summed E-state index contributed by atoms with van der Waals surface area (Å²) in [7, 11) is 3.55. The number of carboxylic acids is 1. The molecule has 0 aliphatic rings. The molecule has 2 N–H and O–H groups in total. The molecule has 0 radical (unpaired) electrons. The van der Waals surface area contributed by atoms with Crippen LogP contribution >= 0.6 is 0 Å². The molecule has 2 unspecified atom stereocenters. The van der Waals surface area contributed by atoms with Gasteiger partial charge >= 0.3 is 5.97 Å². The lowest BCUT2D eigenvalue weighted by molar-refractivity contribution is -0.140. The zero-order valence-electron chi connectivity index (χ0n) is 10.9. The van der Waals surface area contributed by atoms with E-state index in [1.165, 1.54) is 0 Å². The summed E-state index contributed by atoms with van der Waals surface area (Å²) >= 11 is 0. The van der Waals surface area contributed by atoms with Crippen molar-refractivity contribution < 1.29 is 14.6 Å². The van der Waals surface area contributed by atoms with Gasteiger partial charge < -0.3 is 15.2 Å². The number of likely N-dealkylation sites (N-methyl/N-ethyl adjacent to an activating group) is 1. The molecular formula is C11H24N2O3. The van der Waals surface area contributed by atoms with Crippen LogP contribution in [0.1, 0.15) is 20.8 Å². The number of nitrogens with zero attached hydrogens (tertiary/aromatic N) is 1. The number of hydrogen-bond donors (Lipinski definition) is 2. The molecule has 0 aromatic heterocycles. The highest BCUT2D eigenvalue weighted by atomic mass is 16.5. The quantitative estimate of drug-likeness (QED) is 0.634. The number of nitrogens with one attached hydrogen (secondary N) is 1. The predicted molar refractivity (Wildman–Crippen MR) is 63.7 cm³/mol. The molecule has 0 aromatic rings. The van der Waals surface area contributed by atoms with E-state index < -0.39 is 12.0 Å². The number of methoxy groups -OCH3 is 1. The summed E-state index contributed by atoms with van der Waals surface area (Å²) in [6.07, 6.45) is 0. The van der Waals surface area contributed by atoms with Gasteiger partial charge in [-0.25, -0.2) is 0 Å². The zero-order chi connectivity index (χ0) is 12.7. The van der Waals surface area contributed by atoms with E-state index in [1.807, 2.05) is 32.7 Å². The second kappa shape index (κ2) is 7.60. The zero-order valence-corrected chi connectivity index (χ0v) is 10.9. The molecule has 0 aliphatic carbocycles. The molecular weight excluding hydrogens is 208 g/mol. The van der Waals surface area contributed by atoms with E-state index in [0.717, 1.165) is 0 Å². The van der Waals surface area contributed by atoms with Crippen LogP contribution in [0.2, 0.25) is 0 Å². The molecule has 0 spiro atoms. The van der Waals surface area contributed by atoms with Crippen LogP contribution in [0.25, 0.3) is 0 Å². The first-order valence-corrected chi connectivity index (χ1v) is 5.56. The number of hydrogen-bond acceptors (Lipinski definition) is 4. The molecule has 0 saturated carbocycles. The van der Waals surface area contributed by atoms with Gasteiger partial charge in [0.25, 0.3) is 0 Å². The van der Waals surface area contributed by atoms with Gasteiger partial charge in [0.05, 0.1) is 6.61 Å². The second-order valence-corrected chi connectivity index (χ2v) is 4.46. The van der Waals surface area contributed by atoms with Gasteiger partial charge in [-0.05, 0) is 14.0 Å². The lowest BCUT2D eigenvalue weighted by Gasteiger charge is -2.28. The van der Waals surface area contributed by atoms with E-state index in [4.69, 9.17) is 9.84 Å². The highest BCUT2D eigenvalue weighted by Crippen LogP contribution is 1.99. The summed E-state index contributed by atoms with van der Waals surface area (Å²) in [5.74, 6) is -0.815. The third-order valence-corrected chi connectivity index (χ3v) is 2.46. The van der Waals surface area contributed by atoms with Gasteiger partial charge in [-0.2, -0.15) is 0 Å². The van der Waals surface area contributed by atoms with E-state index in [2.05, 4.69) is 5.32 Å². The molecule has 5 heteroatoms. The predicted octanol–water partition coefficient (Wildman–Crippen LogP) is 0.404. The smallest absolute Gasteiger partial charge is 0.322 e. The van der Waals surface area contributed by atoms with E-state index in [9.17, 15) is 4.79 Å². The normalized spacial score (nSPS) is 15.4. The first-order valence-electron chi connectivity index (χ1n) is 5.56. The summed E-state index contributed by atoms with van der Waals surface area (Å²) in [6.45, 7) is 6.96. The lowest BCUT2D eigenvalue weighted by atomic mass is 10.2. The fourth-order valence-electron chi connectivity index (χ4n) is 1.44. The maximum atomic E-state index is 11.0. The molecule has 0 saturated heterocycles. The minimum absolute atomic E-state index is 0.159. The Labute approximate surface area is 97.8 Å². The van der Waals surface area contributed by atoms with Gasteiger partial charge in [0.1, 0.15) is 6.04 Å². The number of rotatable bonds is 8. The molecule has 0 heterocycles. The van der Waals surface area contributed by atoms with Gasteiger partial charge in [-0.1, -0.05) is 13.8 Å². The van der Waals surface area contributed by atoms with Gasteiger partial charge in [0, 0.05) is 25.7 Å². The fraction of sp³-hybridized carbons (Fsp3) is 0.909. The van der Waals surface area contributed by atoms with Gasteiger partial charge in [0.15, 0.2) is 0 Å². The van der Waals surface area contributed by atoms with E-state index >= 15 is 0 Å². The molecule has 0 aliphatic heterocycles. The van der Waals surface area contributed by atoms with Crippen molar-refractivity contribution in [2.75, 3.05) is 27.3 Å². The van der Waals surface area contributed by atoms with Crippen molar-refractivity contribution in [3.05, 3.63) is 0 Å². The second-order valence-electron chi connectivity index (χ2n) is 4.46. The van der Waals surface area contributed by atoms with Crippen LogP contribution in [-0.4, -0.2) is 61.4 Å². The van der Waals surface area contributed by atoms with Crippen molar-refractivity contribution in [2.24, 2.45) is 0 Å². The molecule has 16 heavy (non-hydrogen) atoms. The Morgan fingerprint density at radius 1 is 1.44 bits per heavy atom. The molecule has 0 bridgehead atoms. The minimum atomic E-state index is -0.815. The Morgan fingerprint density at radius 2 is 2.00 bits per heavy atom. The SMILES string of the molecule is COCC(C)N(C)CC(NC(C)C)C(=O)O. The molecule has 0 rings (SSSR count). The van der Waals surface area contributed by atoms with Crippen molar-refractivity contribution in [2.45, 2.75) is 38.9 Å². The standard InChI is InChI=1S/C11H24N2O3/c1-8(2)12-10(11(14)15)6-13(4)9(3)7-16-5/h8-10,12H,6-7H2,1-5H3,(H,14,15). The molecule has 96 valence electrons. The topological polar surface area (TPSA) is 61.8 Å². The van der Waals surface area contributed by atoms with Crippen LogP contribution < -0.4 is 5.32 Å². The van der Waals surface area contributed by atoms with Crippen molar-refractivity contribution in [3.63, 3.8) is 0 Å². The molecule has 5 nitrogen and oxygen atoms in total. The van der Waals surface area contributed by atoms with E-state index in [1.54, 1.807) is 7.11 Å². The van der Waals surface area contributed by atoms with Gasteiger partial charge in [0.2, 0.25) is 0 Å². The van der Waals surface area contributed by atoms with Crippen LogP contribution in [0, 0.1) is 0 Å². The third kappa shape index (κ3) is 6.05. The average Bonchev–Trinajstić information content (AvgIpc) is 2.16. The summed E-state index contributed by atoms with van der Waals surface area (Å²) in [5, 5.41) is 12.1. The van der Waals surface area contributed by atoms with Crippen molar-refractivity contribution in [1.82, 2.24) is 10.2 Å².